The number of fused-ring (bicyclic) bond motifs is 1. The molecule has 0 atom stereocenters. The number of aryl methyl sites for hydroxylation is 2. The topological polar surface area (TPSA) is 36.4 Å². The maximum atomic E-state index is 13.2. The Bertz CT molecular complexity index is 919. The van der Waals surface area contributed by atoms with Crippen molar-refractivity contribution in [3.8, 4) is 0 Å². The predicted molar refractivity (Wildman–Crippen MR) is 121 cm³/mol. The van der Waals surface area contributed by atoms with Crippen LogP contribution in [0.1, 0.15) is 21.5 Å². The number of benzene rings is 2. The number of hydrogen-bond donors (Lipinski definition) is 0. The van der Waals surface area contributed by atoms with E-state index in [2.05, 4.69) is 46.8 Å². The molecule has 0 bridgehead atoms. The van der Waals surface area contributed by atoms with Crippen LogP contribution in [0, 0.1) is 13.8 Å². The number of halogens is 2. The lowest BCUT2D eigenvalue weighted by molar-refractivity contribution is 0.0984. The Hall–Kier alpha value is -1.47. The molecule has 27 heavy (non-hydrogen) atoms. The Morgan fingerprint density at radius 2 is 1.78 bits per heavy atom. The van der Waals surface area contributed by atoms with Crippen LogP contribution in [0.2, 0.25) is 0 Å². The number of nitrogens with zero attached hydrogens (tertiary/aromatic N) is 3. The summed E-state index contributed by atoms with van der Waals surface area (Å²) < 4.78 is 1.91. The van der Waals surface area contributed by atoms with Gasteiger partial charge in [0.1, 0.15) is 0 Å². The molecular formula is C20H23BrClN3OS. The van der Waals surface area contributed by atoms with Crippen molar-refractivity contribution in [3.63, 3.8) is 0 Å². The van der Waals surface area contributed by atoms with Crippen LogP contribution in [0.25, 0.3) is 10.2 Å². The smallest absolute Gasteiger partial charge is 0.261 e. The van der Waals surface area contributed by atoms with Crippen LogP contribution >= 0.6 is 39.7 Å². The highest BCUT2D eigenvalue weighted by Gasteiger charge is 2.23. The summed E-state index contributed by atoms with van der Waals surface area (Å²) in [5.41, 5.74) is 4.05. The highest BCUT2D eigenvalue weighted by Crippen LogP contribution is 2.32. The monoisotopic (exact) mass is 467 g/mol. The number of thiazole rings is 1. The van der Waals surface area contributed by atoms with Crippen molar-refractivity contribution in [3.05, 3.63) is 57.6 Å². The standard InChI is InChI=1S/C20H22BrN3OS.ClH/c1-13-11-17-18(12-14(13)2)26-20(22-17)24(10-9-23(3)4)19(25)15-7-5-6-8-16(15)21;/h5-8,11-12H,9-10H2,1-4H3;1H. The lowest BCUT2D eigenvalue weighted by Crippen LogP contribution is -2.36. The molecule has 1 heterocycles. The minimum absolute atomic E-state index is 0. The Morgan fingerprint density at radius 3 is 2.44 bits per heavy atom. The highest BCUT2D eigenvalue weighted by atomic mass is 79.9. The van der Waals surface area contributed by atoms with E-state index >= 15 is 0 Å². The van der Waals surface area contributed by atoms with Gasteiger partial charge in [-0.2, -0.15) is 0 Å². The largest absolute Gasteiger partial charge is 0.308 e. The number of anilines is 1. The first-order valence-electron chi connectivity index (χ1n) is 8.45. The fraction of sp³-hybridized carbons (Fsp3) is 0.300. The molecule has 7 heteroatoms. The van der Waals surface area contributed by atoms with Gasteiger partial charge in [0.25, 0.3) is 5.91 Å². The lowest BCUT2D eigenvalue weighted by atomic mass is 10.1. The number of hydrogen-bond acceptors (Lipinski definition) is 4. The van der Waals surface area contributed by atoms with Gasteiger partial charge in [0.15, 0.2) is 5.13 Å². The van der Waals surface area contributed by atoms with Crippen molar-refractivity contribution < 1.29 is 4.79 Å². The zero-order chi connectivity index (χ0) is 18.8. The van der Waals surface area contributed by atoms with E-state index < -0.39 is 0 Å². The van der Waals surface area contributed by atoms with Crippen LogP contribution < -0.4 is 4.90 Å². The van der Waals surface area contributed by atoms with E-state index in [-0.39, 0.29) is 18.3 Å². The fourth-order valence-electron chi connectivity index (χ4n) is 2.65. The third-order valence-corrected chi connectivity index (χ3v) is 6.08. The number of aromatic nitrogens is 1. The van der Waals surface area contributed by atoms with Gasteiger partial charge in [-0.15, -0.1) is 12.4 Å². The SMILES string of the molecule is Cc1cc2nc(N(CCN(C)C)C(=O)c3ccccc3Br)sc2cc1C.Cl. The summed E-state index contributed by atoms with van der Waals surface area (Å²) in [6, 6.07) is 11.8. The highest BCUT2D eigenvalue weighted by molar-refractivity contribution is 9.10. The molecule has 0 N–H and O–H groups in total. The van der Waals surface area contributed by atoms with Gasteiger partial charge >= 0.3 is 0 Å². The summed E-state index contributed by atoms with van der Waals surface area (Å²) in [6.07, 6.45) is 0. The molecular weight excluding hydrogens is 446 g/mol. The van der Waals surface area contributed by atoms with Crippen LogP contribution in [0.5, 0.6) is 0 Å². The number of carbonyl (C=O) groups is 1. The summed E-state index contributed by atoms with van der Waals surface area (Å²) in [4.78, 5) is 21.9. The molecule has 0 fully saturated rings. The average molecular weight is 469 g/mol. The zero-order valence-corrected chi connectivity index (χ0v) is 19.0. The van der Waals surface area contributed by atoms with Crippen molar-refractivity contribution in [2.75, 3.05) is 32.1 Å². The van der Waals surface area contributed by atoms with Crippen molar-refractivity contribution >= 4 is 60.9 Å². The van der Waals surface area contributed by atoms with Crippen LogP contribution in [0.3, 0.4) is 0 Å². The second-order valence-corrected chi connectivity index (χ2v) is 8.50. The summed E-state index contributed by atoms with van der Waals surface area (Å²) in [5.74, 6) is -0.0353. The van der Waals surface area contributed by atoms with Crippen molar-refractivity contribution in [2.45, 2.75) is 13.8 Å². The maximum absolute atomic E-state index is 13.2. The van der Waals surface area contributed by atoms with Crippen molar-refractivity contribution in [1.82, 2.24) is 9.88 Å². The molecule has 0 aliphatic carbocycles. The molecule has 2 aromatic carbocycles. The van der Waals surface area contributed by atoms with Gasteiger partial charge in [0.05, 0.1) is 15.8 Å². The number of rotatable bonds is 5. The summed E-state index contributed by atoms with van der Waals surface area (Å²) in [6.45, 7) is 5.54. The van der Waals surface area contributed by atoms with E-state index in [0.29, 0.717) is 12.1 Å². The van der Waals surface area contributed by atoms with Crippen molar-refractivity contribution in [2.24, 2.45) is 0 Å². The second kappa shape index (κ2) is 9.15. The maximum Gasteiger partial charge on any atom is 0.261 e. The van der Waals surface area contributed by atoms with Crippen molar-refractivity contribution in [1.29, 1.82) is 0 Å². The van der Waals surface area contributed by atoms with Gasteiger partial charge in [-0.3, -0.25) is 9.69 Å². The number of likely N-dealkylation sites (N-methyl/N-ethyl adjacent to an activating group) is 1. The van der Waals surface area contributed by atoms with Gasteiger partial charge in [-0.05, 0) is 79.3 Å². The van der Waals surface area contributed by atoms with E-state index in [4.69, 9.17) is 4.98 Å². The molecule has 0 saturated carbocycles. The normalized spacial score (nSPS) is 10.9. The van der Waals surface area contributed by atoms with Gasteiger partial charge < -0.3 is 4.90 Å². The Morgan fingerprint density at radius 1 is 1.11 bits per heavy atom. The van der Waals surface area contributed by atoms with E-state index in [1.54, 1.807) is 16.2 Å². The summed E-state index contributed by atoms with van der Waals surface area (Å²) >= 11 is 5.07. The lowest BCUT2D eigenvalue weighted by Gasteiger charge is -2.22. The van der Waals surface area contributed by atoms with Crippen LogP contribution in [0.4, 0.5) is 5.13 Å². The predicted octanol–water partition coefficient (Wildman–Crippen LogP) is 5.31. The molecule has 4 nitrogen and oxygen atoms in total. The molecule has 3 aromatic rings. The van der Waals surface area contributed by atoms with Crippen LogP contribution in [0.15, 0.2) is 40.9 Å². The molecule has 144 valence electrons. The first-order chi connectivity index (χ1) is 12.4. The van der Waals surface area contributed by atoms with E-state index in [1.165, 1.54) is 11.1 Å². The quantitative estimate of drug-likeness (QED) is 0.509. The first kappa shape index (κ1) is 21.8. The molecule has 0 radical (unpaired) electrons. The zero-order valence-electron chi connectivity index (χ0n) is 15.8. The third kappa shape index (κ3) is 4.88. The van der Waals surface area contributed by atoms with Gasteiger partial charge in [0, 0.05) is 17.6 Å². The summed E-state index contributed by atoms with van der Waals surface area (Å²) in [5, 5.41) is 0.743. The number of amides is 1. The Kier molecular flexibility index (Phi) is 7.40. The number of carbonyl (C=O) groups excluding carboxylic acids is 1. The van der Waals surface area contributed by atoms with E-state index in [1.807, 2.05) is 38.4 Å². The van der Waals surface area contributed by atoms with E-state index in [9.17, 15) is 4.79 Å². The van der Waals surface area contributed by atoms with Crippen LogP contribution in [-0.2, 0) is 0 Å². The minimum atomic E-state index is -0.0353. The molecule has 0 unspecified atom stereocenters. The molecule has 1 aromatic heterocycles. The van der Waals surface area contributed by atoms with Gasteiger partial charge in [-0.25, -0.2) is 4.98 Å². The fourth-order valence-corrected chi connectivity index (χ4v) is 4.17. The third-order valence-electron chi connectivity index (χ3n) is 4.34. The minimum Gasteiger partial charge on any atom is -0.308 e. The Balaban J connectivity index is 0.00000261. The summed E-state index contributed by atoms with van der Waals surface area (Å²) in [7, 11) is 4.01. The molecule has 0 aliphatic rings. The molecule has 0 saturated heterocycles. The average Bonchev–Trinajstić information content (AvgIpc) is 2.97. The van der Waals surface area contributed by atoms with E-state index in [0.717, 1.165) is 26.4 Å². The molecule has 0 spiro atoms. The van der Waals surface area contributed by atoms with Gasteiger partial charge in [0.2, 0.25) is 0 Å². The molecule has 1 amide bonds. The second-order valence-electron chi connectivity index (χ2n) is 6.64. The Labute approximate surface area is 178 Å². The molecule has 3 rings (SSSR count). The molecule has 0 aliphatic heterocycles. The van der Waals surface area contributed by atoms with Gasteiger partial charge in [-0.1, -0.05) is 23.5 Å². The van der Waals surface area contributed by atoms with Crippen LogP contribution in [-0.4, -0.2) is 43.0 Å². The first-order valence-corrected chi connectivity index (χ1v) is 10.1.